The molecule has 0 unspecified atom stereocenters. The Kier molecular flexibility index (Phi) is 3.78. The van der Waals surface area contributed by atoms with Crippen molar-refractivity contribution in [2.45, 2.75) is 0 Å². The second-order valence-corrected chi connectivity index (χ2v) is 4.12. The predicted molar refractivity (Wildman–Crippen MR) is 66.1 cm³/mol. The van der Waals surface area contributed by atoms with E-state index in [9.17, 15) is 9.59 Å². The van der Waals surface area contributed by atoms with Crippen molar-refractivity contribution in [3.63, 3.8) is 0 Å². The van der Waals surface area contributed by atoms with Gasteiger partial charge >= 0.3 is 0 Å². The van der Waals surface area contributed by atoms with E-state index in [1.54, 1.807) is 24.3 Å². The number of carbonyl (C=O) groups excluding carboxylic acids is 2. The van der Waals surface area contributed by atoms with Gasteiger partial charge in [-0.25, -0.2) is 0 Å². The molecule has 1 aliphatic heterocycles. The average molecular weight is 249 g/mol. The summed E-state index contributed by atoms with van der Waals surface area (Å²) in [5.41, 5.74) is 5.67. The third-order valence-corrected chi connectivity index (χ3v) is 2.66. The maximum atomic E-state index is 11.7. The van der Waals surface area contributed by atoms with Crippen molar-refractivity contribution in [3.8, 4) is 5.75 Å². The molecule has 1 fully saturated rings. The molecule has 0 saturated carbocycles. The summed E-state index contributed by atoms with van der Waals surface area (Å²) in [5.74, 6) is 0.0808. The lowest BCUT2D eigenvalue weighted by Gasteiger charge is -2.25. The van der Waals surface area contributed by atoms with Gasteiger partial charge in [-0.3, -0.25) is 9.59 Å². The van der Waals surface area contributed by atoms with Crippen LogP contribution in [0.4, 0.5) is 5.69 Å². The van der Waals surface area contributed by atoms with E-state index in [-0.39, 0.29) is 18.4 Å². The van der Waals surface area contributed by atoms with E-state index in [1.807, 2.05) is 0 Å². The quantitative estimate of drug-likeness (QED) is 0.668. The molecule has 0 aromatic heterocycles. The Morgan fingerprint density at radius 1 is 1.33 bits per heavy atom. The molecule has 1 heterocycles. The summed E-state index contributed by atoms with van der Waals surface area (Å²) < 4.78 is 5.11. The Morgan fingerprint density at radius 2 is 2.00 bits per heavy atom. The Bertz CT molecular complexity index is 440. The van der Waals surface area contributed by atoms with Gasteiger partial charge in [0.1, 0.15) is 5.75 Å². The minimum atomic E-state index is -0.523. The minimum absolute atomic E-state index is 0.0135. The molecule has 2 amide bonds. The van der Waals surface area contributed by atoms with Gasteiger partial charge in [0.2, 0.25) is 5.91 Å². The second kappa shape index (κ2) is 5.50. The van der Waals surface area contributed by atoms with Crippen molar-refractivity contribution in [1.82, 2.24) is 5.32 Å². The van der Waals surface area contributed by atoms with Crippen LogP contribution >= 0.6 is 0 Å². The van der Waals surface area contributed by atoms with Crippen molar-refractivity contribution in [3.05, 3.63) is 24.3 Å². The van der Waals surface area contributed by atoms with Crippen LogP contribution in [0.25, 0.3) is 0 Å². The van der Waals surface area contributed by atoms with E-state index in [0.717, 1.165) is 13.1 Å². The fraction of sp³-hybridized carbons (Fsp3) is 0.333. The first-order valence-corrected chi connectivity index (χ1v) is 5.68. The Hall–Kier alpha value is -2.08. The molecule has 1 aromatic carbocycles. The first-order chi connectivity index (χ1) is 8.65. The molecule has 6 nitrogen and oxygen atoms in total. The van der Waals surface area contributed by atoms with E-state index in [4.69, 9.17) is 10.5 Å². The van der Waals surface area contributed by atoms with Gasteiger partial charge in [0.25, 0.3) is 5.91 Å². The molecule has 0 spiro atoms. The SMILES string of the molecule is NC(=O)COc1ccc(NC(=O)C2CNC2)cc1. The van der Waals surface area contributed by atoms with Gasteiger partial charge in [0, 0.05) is 18.8 Å². The standard InChI is InChI=1S/C12H15N3O3/c13-11(16)7-18-10-3-1-9(2-4-10)15-12(17)8-5-14-6-8/h1-4,8,14H,5-7H2,(H2,13,16)(H,15,17). The van der Waals surface area contributed by atoms with E-state index in [0.29, 0.717) is 11.4 Å². The first kappa shape index (κ1) is 12.4. The number of hydrogen-bond acceptors (Lipinski definition) is 4. The topological polar surface area (TPSA) is 93.5 Å². The van der Waals surface area contributed by atoms with Crippen LogP contribution in [0.1, 0.15) is 0 Å². The first-order valence-electron chi connectivity index (χ1n) is 5.68. The molecule has 96 valence electrons. The van der Waals surface area contributed by atoms with Crippen molar-refractivity contribution >= 4 is 17.5 Å². The van der Waals surface area contributed by atoms with Crippen LogP contribution in [-0.2, 0) is 9.59 Å². The third kappa shape index (κ3) is 3.21. The molecule has 18 heavy (non-hydrogen) atoms. The van der Waals surface area contributed by atoms with Gasteiger partial charge in [0.05, 0.1) is 5.92 Å². The van der Waals surface area contributed by atoms with Crippen molar-refractivity contribution in [1.29, 1.82) is 0 Å². The van der Waals surface area contributed by atoms with Crippen molar-refractivity contribution in [2.24, 2.45) is 11.7 Å². The zero-order valence-electron chi connectivity index (χ0n) is 9.81. The highest BCUT2D eigenvalue weighted by molar-refractivity contribution is 5.93. The number of nitrogens with one attached hydrogen (secondary N) is 2. The van der Waals surface area contributed by atoms with Crippen LogP contribution in [0.5, 0.6) is 5.75 Å². The van der Waals surface area contributed by atoms with Gasteiger partial charge in [-0.05, 0) is 24.3 Å². The molecule has 1 aromatic rings. The van der Waals surface area contributed by atoms with Crippen LogP contribution in [0.3, 0.4) is 0 Å². The lowest BCUT2D eigenvalue weighted by Crippen LogP contribution is -2.48. The summed E-state index contributed by atoms with van der Waals surface area (Å²) in [6, 6.07) is 6.80. The smallest absolute Gasteiger partial charge is 0.255 e. The third-order valence-electron chi connectivity index (χ3n) is 2.66. The summed E-state index contributed by atoms with van der Waals surface area (Å²) in [6.45, 7) is 1.30. The Labute approximate surface area is 104 Å². The molecule has 4 N–H and O–H groups in total. The largest absolute Gasteiger partial charge is 0.484 e. The van der Waals surface area contributed by atoms with Crippen LogP contribution < -0.4 is 21.1 Å². The molecule has 0 aliphatic carbocycles. The highest BCUT2D eigenvalue weighted by Gasteiger charge is 2.24. The number of primary amides is 1. The number of benzene rings is 1. The molecule has 2 rings (SSSR count). The fourth-order valence-electron chi connectivity index (χ4n) is 1.51. The van der Waals surface area contributed by atoms with E-state index < -0.39 is 5.91 Å². The molecular weight excluding hydrogens is 234 g/mol. The molecule has 0 atom stereocenters. The highest BCUT2D eigenvalue weighted by Crippen LogP contribution is 2.16. The predicted octanol–water partition coefficient (Wildman–Crippen LogP) is -0.291. The normalized spacial score (nSPS) is 14.7. The summed E-state index contributed by atoms with van der Waals surface area (Å²) in [6.07, 6.45) is 0. The number of amides is 2. The molecule has 1 aliphatic rings. The number of anilines is 1. The van der Waals surface area contributed by atoms with Gasteiger partial charge in [0.15, 0.2) is 6.61 Å². The molecular formula is C12H15N3O3. The second-order valence-electron chi connectivity index (χ2n) is 4.12. The number of nitrogens with two attached hydrogens (primary N) is 1. The Balaban J connectivity index is 1.86. The van der Waals surface area contributed by atoms with Crippen LogP contribution in [0, 0.1) is 5.92 Å². The lowest BCUT2D eigenvalue weighted by molar-refractivity contribution is -0.121. The average Bonchev–Trinajstić information content (AvgIpc) is 2.25. The van der Waals surface area contributed by atoms with Gasteiger partial charge in [-0.2, -0.15) is 0 Å². The summed E-state index contributed by atoms with van der Waals surface area (Å²) in [4.78, 5) is 22.2. The summed E-state index contributed by atoms with van der Waals surface area (Å²) >= 11 is 0. The van der Waals surface area contributed by atoms with Crippen LogP contribution in [0.15, 0.2) is 24.3 Å². The van der Waals surface area contributed by atoms with Gasteiger partial charge in [-0.1, -0.05) is 0 Å². The molecule has 1 saturated heterocycles. The highest BCUT2D eigenvalue weighted by atomic mass is 16.5. The molecule has 0 bridgehead atoms. The maximum Gasteiger partial charge on any atom is 0.255 e. The minimum Gasteiger partial charge on any atom is -0.484 e. The van der Waals surface area contributed by atoms with Crippen molar-refractivity contribution in [2.75, 3.05) is 25.0 Å². The zero-order chi connectivity index (χ0) is 13.0. The van der Waals surface area contributed by atoms with E-state index >= 15 is 0 Å². The van der Waals surface area contributed by atoms with Crippen molar-refractivity contribution < 1.29 is 14.3 Å². The van der Waals surface area contributed by atoms with Crippen LogP contribution in [-0.4, -0.2) is 31.5 Å². The van der Waals surface area contributed by atoms with Gasteiger partial charge < -0.3 is 21.1 Å². The van der Waals surface area contributed by atoms with Crippen LogP contribution in [0.2, 0.25) is 0 Å². The number of rotatable bonds is 5. The van der Waals surface area contributed by atoms with E-state index in [2.05, 4.69) is 10.6 Å². The molecule has 0 radical (unpaired) electrons. The monoisotopic (exact) mass is 249 g/mol. The van der Waals surface area contributed by atoms with Gasteiger partial charge in [-0.15, -0.1) is 0 Å². The number of ether oxygens (including phenoxy) is 1. The zero-order valence-corrected chi connectivity index (χ0v) is 9.81. The Morgan fingerprint density at radius 3 is 2.50 bits per heavy atom. The number of hydrogen-bond donors (Lipinski definition) is 3. The summed E-state index contributed by atoms with van der Waals surface area (Å²) in [7, 11) is 0. The maximum absolute atomic E-state index is 11.7. The van der Waals surface area contributed by atoms with E-state index in [1.165, 1.54) is 0 Å². The number of carbonyl (C=O) groups is 2. The lowest BCUT2D eigenvalue weighted by atomic mass is 10.0. The fourth-order valence-corrected chi connectivity index (χ4v) is 1.51. The molecule has 6 heteroatoms. The summed E-state index contributed by atoms with van der Waals surface area (Å²) in [5, 5.41) is 5.85.